The van der Waals surface area contributed by atoms with E-state index in [1.54, 1.807) is 6.26 Å². The quantitative estimate of drug-likeness (QED) is 0.736. The molecule has 1 aliphatic heterocycles. The van der Waals surface area contributed by atoms with Gasteiger partial charge in [-0.3, -0.25) is 4.79 Å². The van der Waals surface area contributed by atoms with Crippen molar-refractivity contribution in [2.75, 3.05) is 13.1 Å². The number of aromatic nitrogens is 1. The molecule has 1 aliphatic rings. The molecule has 5 heteroatoms. The van der Waals surface area contributed by atoms with Crippen molar-refractivity contribution in [3.63, 3.8) is 0 Å². The summed E-state index contributed by atoms with van der Waals surface area (Å²) in [5.74, 6) is 0.769. The summed E-state index contributed by atoms with van der Waals surface area (Å²) < 4.78 is 5.43. The van der Waals surface area contributed by atoms with Gasteiger partial charge < -0.3 is 9.32 Å². The van der Waals surface area contributed by atoms with Crippen LogP contribution >= 0.6 is 11.3 Å². The second-order valence-corrected chi connectivity index (χ2v) is 6.18. The SMILES string of the molecule is O=C(c1sc(-c2ccco2)nc1-c1ccccc1)N1CCC1. The molecular formula is C17H14N2O2S. The number of furan rings is 1. The lowest BCUT2D eigenvalue weighted by Gasteiger charge is -2.30. The van der Waals surface area contributed by atoms with Gasteiger partial charge >= 0.3 is 0 Å². The molecule has 3 heterocycles. The molecule has 0 atom stereocenters. The Morgan fingerprint density at radius 3 is 2.59 bits per heavy atom. The largest absolute Gasteiger partial charge is 0.462 e. The zero-order valence-electron chi connectivity index (χ0n) is 11.9. The number of thiazole rings is 1. The number of amides is 1. The second kappa shape index (κ2) is 5.42. The number of benzene rings is 1. The van der Waals surface area contributed by atoms with E-state index in [9.17, 15) is 4.79 Å². The van der Waals surface area contributed by atoms with E-state index in [2.05, 4.69) is 4.98 Å². The lowest BCUT2D eigenvalue weighted by Crippen LogP contribution is -2.41. The summed E-state index contributed by atoms with van der Waals surface area (Å²) in [6.45, 7) is 1.67. The van der Waals surface area contributed by atoms with Crippen molar-refractivity contribution in [3.05, 3.63) is 53.6 Å². The van der Waals surface area contributed by atoms with Gasteiger partial charge in [-0.05, 0) is 18.6 Å². The molecule has 1 saturated heterocycles. The molecule has 0 radical (unpaired) electrons. The fourth-order valence-corrected chi connectivity index (χ4v) is 3.45. The molecule has 0 bridgehead atoms. The van der Waals surface area contributed by atoms with E-state index in [0.29, 0.717) is 10.6 Å². The first kappa shape index (κ1) is 13.3. The minimum atomic E-state index is 0.0698. The van der Waals surface area contributed by atoms with Crippen molar-refractivity contribution in [3.8, 4) is 22.0 Å². The summed E-state index contributed by atoms with van der Waals surface area (Å²) in [4.78, 5) is 19.9. The zero-order chi connectivity index (χ0) is 14.9. The summed E-state index contributed by atoms with van der Waals surface area (Å²) in [7, 11) is 0. The Labute approximate surface area is 132 Å². The van der Waals surface area contributed by atoms with Crippen LogP contribution in [0.4, 0.5) is 0 Å². The van der Waals surface area contributed by atoms with Crippen LogP contribution in [-0.4, -0.2) is 28.9 Å². The molecule has 4 nitrogen and oxygen atoms in total. The molecule has 22 heavy (non-hydrogen) atoms. The Bertz CT molecular complexity index is 789. The third-order valence-corrected chi connectivity index (χ3v) is 4.80. The first-order valence-corrected chi connectivity index (χ1v) is 8.04. The number of rotatable bonds is 3. The van der Waals surface area contributed by atoms with E-state index in [1.807, 2.05) is 47.4 Å². The predicted molar refractivity (Wildman–Crippen MR) is 85.8 cm³/mol. The average Bonchev–Trinajstić information content (AvgIpc) is 3.15. The Morgan fingerprint density at radius 1 is 1.14 bits per heavy atom. The van der Waals surface area contributed by atoms with Gasteiger partial charge in [0, 0.05) is 18.7 Å². The predicted octanol–water partition coefficient (Wildman–Crippen LogP) is 3.92. The summed E-state index contributed by atoms with van der Waals surface area (Å²) in [5, 5.41) is 0.743. The van der Waals surface area contributed by atoms with Gasteiger partial charge in [0.1, 0.15) is 4.88 Å². The molecule has 1 amide bonds. The van der Waals surface area contributed by atoms with Crippen LogP contribution in [-0.2, 0) is 0 Å². The maximum atomic E-state index is 12.7. The van der Waals surface area contributed by atoms with Gasteiger partial charge in [-0.25, -0.2) is 4.98 Å². The molecule has 0 N–H and O–H groups in total. The Morgan fingerprint density at radius 2 is 1.95 bits per heavy atom. The first-order valence-electron chi connectivity index (χ1n) is 7.22. The van der Waals surface area contributed by atoms with Crippen molar-refractivity contribution >= 4 is 17.2 Å². The van der Waals surface area contributed by atoms with Crippen LogP contribution in [0, 0.1) is 0 Å². The minimum Gasteiger partial charge on any atom is -0.462 e. The number of likely N-dealkylation sites (tertiary alicyclic amines) is 1. The van der Waals surface area contributed by atoms with Crippen LogP contribution in [0.25, 0.3) is 22.0 Å². The van der Waals surface area contributed by atoms with Gasteiger partial charge in [0.25, 0.3) is 5.91 Å². The minimum absolute atomic E-state index is 0.0698. The van der Waals surface area contributed by atoms with Gasteiger partial charge in [0.15, 0.2) is 10.8 Å². The Hall–Kier alpha value is -2.40. The van der Waals surface area contributed by atoms with Crippen LogP contribution in [0.2, 0.25) is 0 Å². The Balaban J connectivity index is 1.82. The van der Waals surface area contributed by atoms with Crippen LogP contribution in [0.15, 0.2) is 53.1 Å². The van der Waals surface area contributed by atoms with Gasteiger partial charge in [-0.2, -0.15) is 0 Å². The third-order valence-electron chi connectivity index (χ3n) is 3.74. The van der Waals surface area contributed by atoms with E-state index in [-0.39, 0.29) is 5.91 Å². The van der Waals surface area contributed by atoms with E-state index in [1.165, 1.54) is 11.3 Å². The maximum Gasteiger partial charge on any atom is 0.266 e. The summed E-state index contributed by atoms with van der Waals surface area (Å²) in [5.41, 5.74) is 1.70. The molecule has 1 aromatic carbocycles. The fraction of sp³-hybridized carbons (Fsp3) is 0.176. The van der Waals surface area contributed by atoms with Gasteiger partial charge in [-0.15, -0.1) is 11.3 Å². The molecule has 2 aromatic heterocycles. The number of carbonyl (C=O) groups excluding carboxylic acids is 1. The number of nitrogens with zero attached hydrogens (tertiary/aromatic N) is 2. The molecule has 0 saturated carbocycles. The van der Waals surface area contributed by atoms with Crippen molar-refractivity contribution in [2.45, 2.75) is 6.42 Å². The third kappa shape index (κ3) is 2.23. The molecule has 0 spiro atoms. The van der Waals surface area contributed by atoms with Crippen molar-refractivity contribution in [1.29, 1.82) is 0 Å². The number of hydrogen-bond acceptors (Lipinski definition) is 4. The molecular weight excluding hydrogens is 296 g/mol. The molecule has 0 unspecified atom stereocenters. The molecule has 4 rings (SSSR count). The lowest BCUT2D eigenvalue weighted by molar-refractivity contribution is 0.0657. The smallest absolute Gasteiger partial charge is 0.266 e. The van der Waals surface area contributed by atoms with E-state index < -0.39 is 0 Å². The van der Waals surface area contributed by atoms with E-state index >= 15 is 0 Å². The van der Waals surface area contributed by atoms with E-state index in [4.69, 9.17) is 4.42 Å². The highest BCUT2D eigenvalue weighted by Gasteiger charge is 2.28. The standard InChI is InChI=1S/C17H14N2O2S/c20-17(19-9-5-10-19)15-14(12-6-2-1-3-7-12)18-16(22-15)13-8-4-11-21-13/h1-4,6-8,11H,5,9-10H2. The van der Waals surface area contributed by atoms with Crippen LogP contribution < -0.4 is 0 Å². The number of carbonyl (C=O) groups is 1. The first-order chi connectivity index (χ1) is 10.8. The summed E-state index contributed by atoms with van der Waals surface area (Å²) in [6.07, 6.45) is 2.70. The summed E-state index contributed by atoms with van der Waals surface area (Å²) >= 11 is 1.40. The van der Waals surface area contributed by atoms with Crippen molar-refractivity contribution in [2.24, 2.45) is 0 Å². The lowest BCUT2D eigenvalue weighted by atomic mass is 10.1. The zero-order valence-corrected chi connectivity index (χ0v) is 12.7. The van der Waals surface area contributed by atoms with Crippen molar-refractivity contribution < 1.29 is 9.21 Å². The molecule has 110 valence electrons. The monoisotopic (exact) mass is 310 g/mol. The fourth-order valence-electron chi connectivity index (χ4n) is 2.43. The van der Waals surface area contributed by atoms with Gasteiger partial charge in [0.05, 0.1) is 12.0 Å². The second-order valence-electron chi connectivity index (χ2n) is 5.19. The van der Waals surface area contributed by atoms with Crippen LogP contribution in [0.5, 0.6) is 0 Å². The Kier molecular flexibility index (Phi) is 3.27. The van der Waals surface area contributed by atoms with E-state index in [0.717, 1.165) is 35.8 Å². The molecule has 3 aromatic rings. The van der Waals surface area contributed by atoms with Gasteiger partial charge in [-0.1, -0.05) is 30.3 Å². The van der Waals surface area contributed by atoms with Crippen LogP contribution in [0.1, 0.15) is 16.1 Å². The topological polar surface area (TPSA) is 46.3 Å². The highest BCUT2D eigenvalue weighted by Crippen LogP contribution is 2.35. The summed E-state index contributed by atoms with van der Waals surface area (Å²) in [6, 6.07) is 13.5. The molecule has 0 aliphatic carbocycles. The van der Waals surface area contributed by atoms with Gasteiger partial charge in [0.2, 0.25) is 0 Å². The normalized spacial score (nSPS) is 13.9. The van der Waals surface area contributed by atoms with Crippen LogP contribution in [0.3, 0.4) is 0 Å². The van der Waals surface area contributed by atoms with Crippen molar-refractivity contribution in [1.82, 2.24) is 9.88 Å². The number of hydrogen-bond donors (Lipinski definition) is 0. The highest BCUT2D eigenvalue weighted by atomic mass is 32.1. The molecule has 1 fully saturated rings. The highest BCUT2D eigenvalue weighted by molar-refractivity contribution is 7.17. The maximum absolute atomic E-state index is 12.7. The average molecular weight is 310 g/mol.